The molecule has 1 unspecified atom stereocenters. The van der Waals surface area contributed by atoms with Gasteiger partial charge in [-0.2, -0.15) is 12.7 Å². The number of hydrogen-bond acceptors (Lipinski definition) is 6. The molecule has 2 aliphatic rings. The van der Waals surface area contributed by atoms with E-state index in [1.807, 2.05) is 0 Å². The van der Waals surface area contributed by atoms with Crippen molar-refractivity contribution in [3.63, 3.8) is 0 Å². The summed E-state index contributed by atoms with van der Waals surface area (Å²) in [7, 11) is -3.09. The zero-order valence-electron chi connectivity index (χ0n) is 10.6. The standard InChI is InChI=1S/C9H14N4O6S/c1-19-8(16)12-20(17,18)13-4-2-3-9(5-13)6(14)10-7(15)11-9/h2-5H2,1H3,(H,12,16)(H2,10,11,14,15). The van der Waals surface area contributed by atoms with Crippen molar-refractivity contribution in [1.82, 2.24) is 19.7 Å². The maximum Gasteiger partial charge on any atom is 0.421 e. The van der Waals surface area contributed by atoms with Crippen molar-refractivity contribution >= 4 is 28.2 Å². The number of amides is 4. The molecule has 0 bridgehead atoms. The van der Waals surface area contributed by atoms with Crippen LogP contribution < -0.4 is 15.4 Å². The number of urea groups is 1. The third-order valence-corrected chi connectivity index (χ3v) is 4.63. The summed E-state index contributed by atoms with van der Waals surface area (Å²) < 4.78 is 30.8. The summed E-state index contributed by atoms with van der Waals surface area (Å²) in [6.07, 6.45) is -0.422. The molecule has 2 saturated heterocycles. The number of carbonyl (C=O) groups excluding carboxylic acids is 3. The molecule has 0 aromatic carbocycles. The zero-order valence-corrected chi connectivity index (χ0v) is 11.4. The Kier molecular flexibility index (Phi) is 3.56. The highest BCUT2D eigenvalue weighted by molar-refractivity contribution is 7.87. The number of nitrogens with one attached hydrogen (secondary N) is 3. The van der Waals surface area contributed by atoms with Crippen LogP contribution in [0, 0.1) is 0 Å². The van der Waals surface area contributed by atoms with Crippen LogP contribution in [0.5, 0.6) is 0 Å². The van der Waals surface area contributed by atoms with Crippen LogP contribution in [0.25, 0.3) is 0 Å². The van der Waals surface area contributed by atoms with Gasteiger partial charge < -0.3 is 10.1 Å². The van der Waals surface area contributed by atoms with Gasteiger partial charge in [0, 0.05) is 13.1 Å². The van der Waals surface area contributed by atoms with Gasteiger partial charge >= 0.3 is 22.3 Å². The monoisotopic (exact) mass is 306 g/mol. The highest BCUT2D eigenvalue weighted by Crippen LogP contribution is 2.25. The summed E-state index contributed by atoms with van der Waals surface area (Å²) in [6.45, 7) is -0.103. The summed E-state index contributed by atoms with van der Waals surface area (Å²) >= 11 is 0. The third-order valence-electron chi connectivity index (χ3n) is 3.21. The average Bonchev–Trinajstić information content (AvgIpc) is 2.63. The normalized spacial score (nSPS) is 27.1. The Morgan fingerprint density at radius 3 is 2.70 bits per heavy atom. The molecule has 2 aliphatic heterocycles. The van der Waals surface area contributed by atoms with Crippen molar-refractivity contribution in [2.45, 2.75) is 18.4 Å². The van der Waals surface area contributed by atoms with Crippen LogP contribution in [0.1, 0.15) is 12.8 Å². The fraction of sp³-hybridized carbons (Fsp3) is 0.667. The molecule has 4 amide bonds. The molecule has 0 aromatic heterocycles. The van der Waals surface area contributed by atoms with E-state index < -0.39 is 33.8 Å². The minimum Gasteiger partial charge on any atom is -0.452 e. The molecular weight excluding hydrogens is 292 g/mol. The molecule has 112 valence electrons. The highest BCUT2D eigenvalue weighted by Gasteiger charge is 2.50. The van der Waals surface area contributed by atoms with E-state index in [0.717, 1.165) is 11.4 Å². The van der Waals surface area contributed by atoms with Crippen LogP contribution in [0.15, 0.2) is 0 Å². The number of piperidine rings is 1. The molecule has 2 rings (SSSR count). The summed E-state index contributed by atoms with van der Waals surface area (Å²) in [4.78, 5) is 34.0. The van der Waals surface area contributed by atoms with Crippen LogP contribution in [-0.2, 0) is 19.7 Å². The van der Waals surface area contributed by atoms with Gasteiger partial charge in [0.25, 0.3) is 5.91 Å². The van der Waals surface area contributed by atoms with E-state index in [9.17, 15) is 22.8 Å². The fourth-order valence-electron chi connectivity index (χ4n) is 2.25. The average molecular weight is 306 g/mol. The Morgan fingerprint density at radius 1 is 1.45 bits per heavy atom. The summed E-state index contributed by atoms with van der Waals surface area (Å²) in [5, 5.41) is 4.52. The highest BCUT2D eigenvalue weighted by atomic mass is 32.2. The smallest absolute Gasteiger partial charge is 0.421 e. The van der Waals surface area contributed by atoms with Gasteiger partial charge in [0.05, 0.1) is 7.11 Å². The maximum absolute atomic E-state index is 12.0. The van der Waals surface area contributed by atoms with E-state index in [1.165, 1.54) is 0 Å². The van der Waals surface area contributed by atoms with Gasteiger partial charge in [-0.3, -0.25) is 10.1 Å². The predicted octanol–water partition coefficient (Wildman–Crippen LogP) is -1.74. The molecule has 11 heteroatoms. The SMILES string of the molecule is COC(=O)NS(=O)(=O)N1CCCC2(C1)NC(=O)NC2=O. The van der Waals surface area contributed by atoms with Gasteiger partial charge in [0.1, 0.15) is 5.54 Å². The van der Waals surface area contributed by atoms with E-state index in [0.29, 0.717) is 12.8 Å². The summed E-state index contributed by atoms with van der Waals surface area (Å²) in [5.74, 6) is -0.569. The molecule has 0 saturated carbocycles. The van der Waals surface area contributed by atoms with Crippen LogP contribution in [-0.4, -0.2) is 56.5 Å². The van der Waals surface area contributed by atoms with E-state index in [-0.39, 0.29) is 13.1 Å². The largest absolute Gasteiger partial charge is 0.452 e. The molecule has 10 nitrogen and oxygen atoms in total. The Balaban J connectivity index is 2.17. The van der Waals surface area contributed by atoms with Gasteiger partial charge in [0.15, 0.2) is 0 Å². The van der Waals surface area contributed by atoms with Crippen LogP contribution in [0.3, 0.4) is 0 Å². The number of imide groups is 1. The molecule has 1 spiro atoms. The molecular formula is C9H14N4O6S. The van der Waals surface area contributed by atoms with Gasteiger partial charge in [-0.1, -0.05) is 0 Å². The predicted molar refractivity (Wildman–Crippen MR) is 64.7 cm³/mol. The number of ether oxygens (including phenoxy) is 1. The Bertz CT molecular complexity index is 561. The third kappa shape index (κ3) is 2.54. The minimum atomic E-state index is -4.12. The first-order chi connectivity index (χ1) is 9.29. The Labute approximate surface area is 115 Å². The molecule has 0 radical (unpaired) electrons. The molecule has 2 fully saturated rings. The second-order valence-corrected chi connectivity index (χ2v) is 6.20. The Hall–Kier alpha value is -1.88. The number of carbonyl (C=O) groups is 3. The molecule has 0 aliphatic carbocycles. The van der Waals surface area contributed by atoms with Gasteiger partial charge in [-0.15, -0.1) is 0 Å². The van der Waals surface area contributed by atoms with Crippen LogP contribution in [0.4, 0.5) is 9.59 Å². The van der Waals surface area contributed by atoms with E-state index in [1.54, 1.807) is 4.72 Å². The minimum absolute atomic E-state index is 0.136. The van der Waals surface area contributed by atoms with Crippen molar-refractivity contribution in [2.24, 2.45) is 0 Å². The van der Waals surface area contributed by atoms with Gasteiger partial charge in [0.2, 0.25) is 0 Å². The summed E-state index contributed by atoms with van der Waals surface area (Å²) in [5.41, 5.74) is -1.28. The van der Waals surface area contributed by atoms with Gasteiger partial charge in [-0.05, 0) is 12.8 Å². The molecule has 2 heterocycles. The van der Waals surface area contributed by atoms with Crippen LogP contribution in [0.2, 0.25) is 0 Å². The number of rotatable bonds is 2. The zero-order chi connectivity index (χ0) is 15.0. The van der Waals surface area contributed by atoms with Crippen LogP contribution >= 0.6 is 0 Å². The lowest BCUT2D eigenvalue weighted by Gasteiger charge is -2.36. The van der Waals surface area contributed by atoms with Crippen molar-refractivity contribution < 1.29 is 27.5 Å². The number of hydrogen-bond donors (Lipinski definition) is 3. The molecule has 20 heavy (non-hydrogen) atoms. The van der Waals surface area contributed by atoms with Crippen molar-refractivity contribution in [3.8, 4) is 0 Å². The first-order valence-electron chi connectivity index (χ1n) is 5.78. The van der Waals surface area contributed by atoms with Crippen molar-refractivity contribution in [3.05, 3.63) is 0 Å². The van der Waals surface area contributed by atoms with E-state index >= 15 is 0 Å². The molecule has 3 N–H and O–H groups in total. The Morgan fingerprint density at radius 2 is 2.15 bits per heavy atom. The second kappa shape index (κ2) is 4.90. The second-order valence-electron chi connectivity index (χ2n) is 4.53. The topological polar surface area (TPSA) is 134 Å². The quantitative estimate of drug-likeness (QED) is 0.519. The van der Waals surface area contributed by atoms with Crippen molar-refractivity contribution in [1.29, 1.82) is 0 Å². The van der Waals surface area contributed by atoms with Gasteiger partial charge in [-0.25, -0.2) is 14.3 Å². The number of nitrogens with zero attached hydrogens (tertiary/aromatic N) is 1. The van der Waals surface area contributed by atoms with Crippen molar-refractivity contribution in [2.75, 3.05) is 20.2 Å². The van der Waals surface area contributed by atoms with E-state index in [2.05, 4.69) is 15.4 Å². The first-order valence-corrected chi connectivity index (χ1v) is 7.22. The summed E-state index contributed by atoms with van der Waals surface area (Å²) in [6, 6.07) is -0.657. The first kappa shape index (κ1) is 14.5. The van der Waals surface area contributed by atoms with E-state index in [4.69, 9.17) is 0 Å². The molecule has 1 atom stereocenters. The lowest BCUT2D eigenvalue weighted by Crippen LogP contribution is -2.61. The maximum atomic E-state index is 12.0. The molecule has 0 aromatic rings. The number of methoxy groups -OCH3 is 1. The fourth-order valence-corrected chi connectivity index (χ4v) is 3.43. The lowest BCUT2D eigenvalue weighted by molar-refractivity contribution is -0.125. The lowest BCUT2D eigenvalue weighted by atomic mass is 9.90.